The average Bonchev–Trinajstić information content (AvgIpc) is 2.61. The van der Waals surface area contributed by atoms with Gasteiger partial charge in [0.2, 0.25) is 11.7 Å². The van der Waals surface area contributed by atoms with Crippen LogP contribution in [0.2, 0.25) is 5.15 Å². The summed E-state index contributed by atoms with van der Waals surface area (Å²) in [6, 6.07) is 1.09. The molecule has 2 heterocycles. The maximum absolute atomic E-state index is 12.4. The first kappa shape index (κ1) is 12.6. The van der Waals surface area contributed by atoms with E-state index in [1.165, 1.54) is 17.1 Å². The topological polar surface area (TPSA) is 52.8 Å². The second kappa shape index (κ2) is 4.45. The monoisotopic (exact) mass is 278 g/mol. The first-order chi connectivity index (χ1) is 8.34. The Morgan fingerprint density at radius 1 is 1.33 bits per heavy atom. The lowest BCUT2D eigenvalue weighted by molar-refractivity contribution is -0.145. The molecule has 0 aliphatic heterocycles. The van der Waals surface area contributed by atoms with Crippen LogP contribution in [-0.2, 0) is 13.2 Å². The Kier molecular flexibility index (Phi) is 3.12. The van der Waals surface area contributed by atoms with Gasteiger partial charge in [0.05, 0.1) is 12.4 Å². The molecule has 0 saturated carbocycles. The predicted molar refractivity (Wildman–Crippen MR) is 55.3 cm³/mol. The highest BCUT2D eigenvalue weighted by Crippen LogP contribution is 2.30. The Balaban J connectivity index is 2.31. The molecule has 0 spiro atoms. The molecule has 0 radical (unpaired) electrons. The maximum atomic E-state index is 12.4. The normalized spacial score (nSPS) is 11.6. The fourth-order valence-electron chi connectivity index (χ4n) is 1.15. The third-order valence-corrected chi connectivity index (χ3v) is 2.02. The van der Waals surface area contributed by atoms with E-state index in [-0.39, 0.29) is 16.8 Å². The zero-order valence-corrected chi connectivity index (χ0v) is 9.70. The molecule has 2 rings (SSSR count). The molecule has 0 aromatic carbocycles. The first-order valence-electron chi connectivity index (χ1n) is 4.63. The molecule has 18 heavy (non-hydrogen) atoms. The highest BCUT2D eigenvalue weighted by Gasteiger charge is 2.35. The molecule has 0 aliphatic carbocycles. The Hall–Kier alpha value is -1.83. The van der Waals surface area contributed by atoms with Crippen molar-refractivity contribution < 1.29 is 17.9 Å². The number of hydrogen-bond donors (Lipinski definition) is 0. The molecule has 0 aliphatic rings. The number of hydrogen-bond acceptors (Lipinski definition) is 4. The molecule has 0 unspecified atom stereocenters. The van der Waals surface area contributed by atoms with Crippen LogP contribution in [0.5, 0.6) is 11.6 Å². The third-order valence-electron chi connectivity index (χ3n) is 1.83. The van der Waals surface area contributed by atoms with Crippen LogP contribution in [0.1, 0.15) is 5.82 Å². The van der Waals surface area contributed by atoms with Gasteiger partial charge in [0, 0.05) is 13.1 Å². The minimum absolute atomic E-state index is 0.250. The molecule has 9 heteroatoms. The van der Waals surface area contributed by atoms with Crippen molar-refractivity contribution in [3.63, 3.8) is 0 Å². The number of aryl methyl sites for hydroxylation is 1. The molecule has 0 N–H and O–H groups in total. The zero-order chi connectivity index (χ0) is 13.3. The lowest BCUT2D eigenvalue weighted by Gasteiger charge is -2.07. The summed E-state index contributed by atoms with van der Waals surface area (Å²) in [6.07, 6.45) is -1.87. The van der Waals surface area contributed by atoms with E-state index in [9.17, 15) is 13.2 Å². The van der Waals surface area contributed by atoms with E-state index in [4.69, 9.17) is 16.3 Å². The van der Waals surface area contributed by atoms with Crippen LogP contribution in [0.3, 0.4) is 0 Å². The summed E-state index contributed by atoms with van der Waals surface area (Å²) in [5.41, 5.74) is 0. The standard InChI is InChI=1S/C9H6ClF3N4O/c1-17-4-5(3-14-17)18-7-2-6(10)15-8(16-7)9(11,12)13/h2-4H,1H3. The number of aromatic nitrogens is 4. The molecule has 0 amide bonds. The summed E-state index contributed by atoms with van der Waals surface area (Å²) in [5, 5.41) is 3.45. The first-order valence-corrected chi connectivity index (χ1v) is 5.00. The Bertz CT molecular complexity index is 569. The minimum atomic E-state index is -4.68. The highest BCUT2D eigenvalue weighted by atomic mass is 35.5. The minimum Gasteiger partial charge on any atom is -0.436 e. The maximum Gasteiger partial charge on any atom is 0.451 e. The van der Waals surface area contributed by atoms with Gasteiger partial charge in [-0.1, -0.05) is 11.6 Å². The number of nitrogens with zero attached hydrogens (tertiary/aromatic N) is 4. The van der Waals surface area contributed by atoms with Gasteiger partial charge in [0.1, 0.15) is 5.15 Å². The lowest BCUT2D eigenvalue weighted by atomic mass is 10.5. The van der Waals surface area contributed by atoms with E-state index >= 15 is 0 Å². The summed E-state index contributed by atoms with van der Waals surface area (Å²) in [5.74, 6) is -1.40. The quantitative estimate of drug-likeness (QED) is 0.793. The molecular weight excluding hydrogens is 273 g/mol. The van der Waals surface area contributed by atoms with Gasteiger partial charge in [0.15, 0.2) is 5.75 Å². The Labute approximate surface area is 104 Å². The summed E-state index contributed by atoms with van der Waals surface area (Å²) in [6.45, 7) is 0. The molecule has 96 valence electrons. The van der Waals surface area contributed by atoms with Crippen molar-refractivity contribution in [3.05, 3.63) is 29.4 Å². The SMILES string of the molecule is Cn1cc(Oc2cc(Cl)nc(C(F)(F)F)n2)cn1. The Morgan fingerprint density at radius 3 is 2.61 bits per heavy atom. The number of ether oxygens (including phenoxy) is 1. The molecule has 2 aromatic heterocycles. The van der Waals surface area contributed by atoms with E-state index in [0.717, 1.165) is 6.07 Å². The van der Waals surface area contributed by atoms with E-state index in [2.05, 4.69) is 15.1 Å². The van der Waals surface area contributed by atoms with Crippen molar-refractivity contribution in [2.24, 2.45) is 7.05 Å². The van der Waals surface area contributed by atoms with Crippen LogP contribution in [-0.4, -0.2) is 19.7 Å². The van der Waals surface area contributed by atoms with Crippen molar-refractivity contribution in [1.82, 2.24) is 19.7 Å². The van der Waals surface area contributed by atoms with E-state index in [0.29, 0.717) is 0 Å². The van der Waals surface area contributed by atoms with Gasteiger partial charge in [-0.3, -0.25) is 4.68 Å². The van der Waals surface area contributed by atoms with E-state index in [1.54, 1.807) is 7.05 Å². The van der Waals surface area contributed by atoms with E-state index < -0.39 is 12.0 Å². The van der Waals surface area contributed by atoms with Crippen LogP contribution in [0.25, 0.3) is 0 Å². The fourth-order valence-corrected chi connectivity index (χ4v) is 1.32. The van der Waals surface area contributed by atoms with Crippen molar-refractivity contribution in [2.75, 3.05) is 0 Å². The number of halogens is 4. The Morgan fingerprint density at radius 2 is 2.06 bits per heavy atom. The second-order valence-corrected chi connectivity index (χ2v) is 3.69. The highest BCUT2D eigenvalue weighted by molar-refractivity contribution is 6.29. The van der Waals surface area contributed by atoms with Crippen LogP contribution in [0.4, 0.5) is 13.2 Å². The van der Waals surface area contributed by atoms with Crippen LogP contribution >= 0.6 is 11.6 Å². The van der Waals surface area contributed by atoms with Gasteiger partial charge >= 0.3 is 6.18 Å². The second-order valence-electron chi connectivity index (χ2n) is 3.30. The molecule has 2 aromatic rings. The third kappa shape index (κ3) is 2.89. The largest absolute Gasteiger partial charge is 0.451 e. The molecule has 5 nitrogen and oxygen atoms in total. The summed E-state index contributed by atoms with van der Waals surface area (Å²) in [7, 11) is 1.64. The average molecular weight is 279 g/mol. The fraction of sp³-hybridized carbons (Fsp3) is 0.222. The smallest absolute Gasteiger partial charge is 0.436 e. The molecule has 0 saturated heterocycles. The van der Waals surface area contributed by atoms with Crippen LogP contribution in [0.15, 0.2) is 18.5 Å². The molecule has 0 fully saturated rings. The van der Waals surface area contributed by atoms with Crippen molar-refractivity contribution in [2.45, 2.75) is 6.18 Å². The van der Waals surface area contributed by atoms with Gasteiger partial charge in [-0.15, -0.1) is 0 Å². The molecule has 0 bridgehead atoms. The van der Waals surface area contributed by atoms with Gasteiger partial charge < -0.3 is 4.74 Å². The van der Waals surface area contributed by atoms with Gasteiger partial charge in [0.25, 0.3) is 0 Å². The van der Waals surface area contributed by atoms with Gasteiger partial charge in [-0.05, 0) is 0 Å². The van der Waals surface area contributed by atoms with Crippen LogP contribution < -0.4 is 4.74 Å². The van der Waals surface area contributed by atoms with Crippen LogP contribution in [0, 0.1) is 0 Å². The zero-order valence-electron chi connectivity index (χ0n) is 8.94. The summed E-state index contributed by atoms with van der Waals surface area (Å²) >= 11 is 5.48. The molecular formula is C9H6ClF3N4O. The van der Waals surface area contributed by atoms with Crippen molar-refractivity contribution in [3.8, 4) is 11.6 Å². The molecule has 0 atom stereocenters. The number of rotatable bonds is 2. The summed E-state index contributed by atoms with van der Waals surface area (Å²) in [4.78, 5) is 6.31. The lowest BCUT2D eigenvalue weighted by Crippen LogP contribution is -2.11. The van der Waals surface area contributed by atoms with Crippen molar-refractivity contribution in [1.29, 1.82) is 0 Å². The summed E-state index contributed by atoms with van der Waals surface area (Å²) < 4.78 is 43.8. The van der Waals surface area contributed by atoms with E-state index in [1.807, 2.05) is 0 Å². The predicted octanol–water partition coefficient (Wildman–Crippen LogP) is 2.67. The van der Waals surface area contributed by atoms with Gasteiger partial charge in [-0.2, -0.15) is 23.3 Å². The van der Waals surface area contributed by atoms with Crippen molar-refractivity contribution >= 4 is 11.6 Å². The number of alkyl halides is 3. The van der Waals surface area contributed by atoms with Gasteiger partial charge in [-0.25, -0.2) is 4.98 Å².